The summed E-state index contributed by atoms with van der Waals surface area (Å²) in [4.78, 5) is 8.36. The fourth-order valence-corrected chi connectivity index (χ4v) is 0. The standard InChI is InChI=1S/CH4.2Ag.HNO3.3H3N.H2O/c;;;2-1(3)4;;;;/h1H4;;;(H,2,3,4);3*1H3;1H2. The third-order valence-electron chi connectivity index (χ3n) is 0. The van der Waals surface area contributed by atoms with Crippen molar-refractivity contribution in [1.29, 1.82) is 0 Å². The predicted molar refractivity (Wildman–Crippen MR) is 34.2 cm³/mol. The Morgan fingerprint density at radius 2 is 1.09 bits per heavy atom. The topological polar surface area (TPSA) is 200 Å². The molecule has 0 fully saturated rings. The van der Waals surface area contributed by atoms with Crippen LogP contribution in [0.25, 0.3) is 0 Å². The molecule has 8 nitrogen and oxygen atoms in total. The molecule has 0 heterocycles. The zero-order chi connectivity index (χ0) is 3.58. The van der Waals surface area contributed by atoms with Crippen molar-refractivity contribution in [3.8, 4) is 0 Å². The van der Waals surface area contributed by atoms with Crippen molar-refractivity contribution in [3.05, 3.63) is 10.1 Å². The molecule has 11 heavy (non-hydrogen) atoms. The Kier molecular flexibility index (Phi) is 720. The van der Waals surface area contributed by atoms with Crippen LogP contribution in [0.3, 0.4) is 0 Å². The van der Waals surface area contributed by atoms with E-state index in [0.717, 1.165) is 0 Å². The average Bonchev–Trinajstić information content (AvgIpc) is 0.811. The van der Waals surface area contributed by atoms with Gasteiger partial charge in [0.1, 0.15) is 0 Å². The van der Waals surface area contributed by atoms with Crippen LogP contribution in [-0.2, 0) is 44.8 Å². The first-order valence-electron chi connectivity index (χ1n) is 0.565. The Bertz CT molecular complexity index is 43.1. The summed E-state index contributed by atoms with van der Waals surface area (Å²) in [7, 11) is 0. The Hall–Kier alpha value is 0.521. The van der Waals surface area contributed by atoms with Gasteiger partial charge in [-0.05, 0) is 0 Å². The minimum atomic E-state index is -1.50. The molecule has 0 aliphatic heterocycles. The normalized spacial score (nSPS) is 2.18. The van der Waals surface area contributed by atoms with E-state index in [1.165, 1.54) is 0 Å². The second-order valence-electron chi connectivity index (χ2n) is 0.238. The van der Waals surface area contributed by atoms with E-state index in [9.17, 15) is 0 Å². The zero-order valence-electron chi connectivity index (χ0n) is 4.94. The third kappa shape index (κ3) is 2820. The average molecular weight is 364 g/mol. The van der Waals surface area contributed by atoms with Gasteiger partial charge >= 0.3 is 0 Å². The fraction of sp³-hybridized carbons (Fsp3) is 1.00. The van der Waals surface area contributed by atoms with Gasteiger partial charge < -0.3 is 29.1 Å². The summed E-state index contributed by atoms with van der Waals surface area (Å²) >= 11 is 0. The summed E-state index contributed by atoms with van der Waals surface area (Å²) in [5, 5.41) is 13.6. The van der Waals surface area contributed by atoms with Crippen LogP contribution in [0.1, 0.15) is 7.43 Å². The van der Waals surface area contributed by atoms with Gasteiger partial charge in [0.15, 0.2) is 0 Å². The second kappa shape index (κ2) is 76.9. The first kappa shape index (κ1) is 103. The second-order valence-corrected chi connectivity index (χ2v) is 0.238. The van der Waals surface area contributed by atoms with Crippen LogP contribution in [0.4, 0.5) is 0 Å². The molecule has 12 N–H and O–H groups in total. The Labute approximate surface area is 96.3 Å². The van der Waals surface area contributed by atoms with Crippen molar-refractivity contribution in [2.24, 2.45) is 0 Å². The smallest absolute Gasteiger partial charge is 0.291 e. The number of nitrogens with zero attached hydrogens (tertiary/aromatic N) is 1. The van der Waals surface area contributed by atoms with Crippen LogP contribution in [0.5, 0.6) is 0 Å². The van der Waals surface area contributed by atoms with Gasteiger partial charge in [-0.3, -0.25) is 0 Å². The summed E-state index contributed by atoms with van der Waals surface area (Å²) in [6.45, 7) is 0. The van der Waals surface area contributed by atoms with Gasteiger partial charge in [-0.25, -0.2) is 0 Å². The van der Waals surface area contributed by atoms with Crippen molar-refractivity contribution in [2.75, 3.05) is 0 Å². The van der Waals surface area contributed by atoms with Crippen molar-refractivity contribution in [3.63, 3.8) is 0 Å². The maximum Gasteiger partial charge on any atom is 0.291 e. The van der Waals surface area contributed by atoms with E-state index in [4.69, 9.17) is 15.3 Å². The summed E-state index contributed by atoms with van der Waals surface area (Å²) < 4.78 is 0. The maximum atomic E-state index is 8.36. The van der Waals surface area contributed by atoms with E-state index in [2.05, 4.69) is 0 Å². The molecule has 0 aromatic heterocycles. The van der Waals surface area contributed by atoms with E-state index in [1.807, 2.05) is 0 Å². The number of rotatable bonds is 0. The molecular weight excluding hydrogens is 348 g/mol. The molecule has 86 valence electrons. The Balaban J connectivity index is -0.00000000214. The quantitative estimate of drug-likeness (QED) is 0.263. The SMILES string of the molecule is C.N.N.N.O.O=[N+]([O-])O.[Ag].[Ag]. The maximum absolute atomic E-state index is 8.36. The molecule has 0 aliphatic rings. The molecule has 0 unspecified atom stereocenters. The third-order valence-corrected chi connectivity index (χ3v) is 0. The van der Waals surface area contributed by atoms with Crippen LogP contribution >= 0.6 is 0 Å². The first-order valence-corrected chi connectivity index (χ1v) is 0.565. The van der Waals surface area contributed by atoms with E-state index in [0.29, 0.717) is 0 Å². The summed E-state index contributed by atoms with van der Waals surface area (Å²) in [6, 6.07) is 0. The van der Waals surface area contributed by atoms with Gasteiger partial charge in [0.05, 0.1) is 0 Å². The van der Waals surface area contributed by atoms with Crippen LogP contribution in [0, 0.1) is 10.1 Å². The molecule has 0 bridgehead atoms. The largest absolute Gasteiger partial charge is 0.412 e. The molecule has 0 rings (SSSR count). The van der Waals surface area contributed by atoms with E-state index in [-0.39, 0.29) is 76.1 Å². The number of hydrogen-bond donors (Lipinski definition) is 4. The summed E-state index contributed by atoms with van der Waals surface area (Å²) in [5.41, 5.74) is 0. The molecule has 0 aliphatic carbocycles. The van der Waals surface area contributed by atoms with Crippen molar-refractivity contribution < 1.29 is 60.5 Å². The Morgan fingerprint density at radius 1 is 1.09 bits per heavy atom. The molecule has 2 radical (unpaired) electrons. The van der Waals surface area contributed by atoms with E-state index < -0.39 is 5.09 Å². The van der Waals surface area contributed by atoms with Gasteiger partial charge in [-0.1, -0.05) is 7.43 Å². The van der Waals surface area contributed by atoms with Crippen molar-refractivity contribution in [1.82, 2.24) is 18.5 Å². The molecule has 0 aromatic rings. The monoisotopic (exact) mass is 362 g/mol. The van der Waals surface area contributed by atoms with E-state index >= 15 is 0 Å². The Morgan fingerprint density at radius 3 is 1.09 bits per heavy atom. The molecule has 0 saturated carbocycles. The molecule has 0 aromatic carbocycles. The fourth-order valence-electron chi connectivity index (χ4n) is 0. The minimum absolute atomic E-state index is 0. The van der Waals surface area contributed by atoms with Gasteiger partial charge in [0.25, 0.3) is 5.09 Å². The van der Waals surface area contributed by atoms with Crippen LogP contribution in [-0.4, -0.2) is 15.8 Å². The van der Waals surface area contributed by atoms with E-state index in [1.54, 1.807) is 0 Å². The van der Waals surface area contributed by atoms with Gasteiger partial charge in [-0.15, -0.1) is 10.1 Å². The molecule has 0 atom stereocenters. The van der Waals surface area contributed by atoms with Crippen LogP contribution in [0.2, 0.25) is 0 Å². The molecule has 0 amide bonds. The van der Waals surface area contributed by atoms with Crippen molar-refractivity contribution in [2.45, 2.75) is 7.43 Å². The number of hydrogen-bond acceptors (Lipinski definition) is 5. The first-order chi connectivity index (χ1) is 1.73. The van der Waals surface area contributed by atoms with Gasteiger partial charge in [0.2, 0.25) is 0 Å². The predicted octanol–water partition coefficient (Wildman–Crippen LogP) is -0.0553. The summed E-state index contributed by atoms with van der Waals surface area (Å²) in [5.74, 6) is 0. The molecule has 10 heteroatoms. The minimum Gasteiger partial charge on any atom is -0.412 e. The zero-order valence-corrected chi connectivity index (χ0v) is 7.90. The van der Waals surface area contributed by atoms with Crippen molar-refractivity contribution >= 4 is 0 Å². The molecule has 0 spiro atoms. The van der Waals surface area contributed by atoms with Crippen LogP contribution < -0.4 is 18.5 Å². The summed E-state index contributed by atoms with van der Waals surface area (Å²) in [6.07, 6.45) is 0. The van der Waals surface area contributed by atoms with Gasteiger partial charge in [-0.2, -0.15) is 0 Å². The van der Waals surface area contributed by atoms with Crippen LogP contribution in [0.15, 0.2) is 0 Å². The molecular formula is CH16Ag2N4O4. The molecule has 0 saturated heterocycles. The van der Waals surface area contributed by atoms with Gasteiger partial charge in [0, 0.05) is 44.8 Å².